The van der Waals surface area contributed by atoms with E-state index in [4.69, 9.17) is 10.5 Å². The molecule has 2 aliphatic carbocycles. The first-order valence-electron chi connectivity index (χ1n) is 15.6. The maximum atomic E-state index is 14.1. The molecular formula is C36H40N4O6. The molecule has 0 unspecified atom stereocenters. The monoisotopic (exact) mass is 624 g/mol. The summed E-state index contributed by atoms with van der Waals surface area (Å²) in [5.41, 5.74) is 7.63. The number of carbonyl (C=O) groups is 5. The van der Waals surface area contributed by atoms with E-state index in [9.17, 15) is 24.0 Å². The van der Waals surface area contributed by atoms with Gasteiger partial charge in [0.25, 0.3) is 5.91 Å². The molecule has 1 fully saturated rings. The van der Waals surface area contributed by atoms with E-state index in [0.717, 1.165) is 10.5 Å². The smallest absolute Gasteiger partial charge is 0.417 e. The van der Waals surface area contributed by atoms with Gasteiger partial charge in [-0.1, -0.05) is 66.7 Å². The number of fused-ring (bicyclic) bond motifs is 2. The molecule has 0 radical (unpaired) electrons. The predicted octanol–water partition coefficient (Wildman–Crippen LogP) is 4.64. The summed E-state index contributed by atoms with van der Waals surface area (Å²) >= 11 is 0. The van der Waals surface area contributed by atoms with Crippen LogP contribution in [0.25, 0.3) is 0 Å². The lowest BCUT2D eigenvalue weighted by Crippen LogP contribution is -2.57. The molecule has 2 aliphatic rings. The number of nitrogens with zero attached hydrogens (tertiary/aromatic N) is 1. The van der Waals surface area contributed by atoms with Crippen LogP contribution < -0.4 is 16.4 Å². The van der Waals surface area contributed by atoms with Crippen LogP contribution in [-0.2, 0) is 20.7 Å². The Bertz CT molecular complexity index is 1640. The molecule has 1 saturated carbocycles. The van der Waals surface area contributed by atoms with Crippen LogP contribution >= 0.6 is 0 Å². The summed E-state index contributed by atoms with van der Waals surface area (Å²) in [6, 6.07) is 19.7. The van der Waals surface area contributed by atoms with E-state index >= 15 is 0 Å². The minimum absolute atomic E-state index is 0.0736. The number of ether oxygens (including phenoxy) is 1. The van der Waals surface area contributed by atoms with Gasteiger partial charge < -0.3 is 21.1 Å². The highest BCUT2D eigenvalue weighted by Crippen LogP contribution is 2.34. The number of nitrogens with one attached hydrogen (secondary N) is 2. The molecular weight excluding hydrogens is 584 g/mol. The van der Waals surface area contributed by atoms with Crippen molar-refractivity contribution in [3.63, 3.8) is 0 Å². The van der Waals surface area contributed by atoms with Crippen molar-refractivity contribution in [2.75, 3.05) is 11.9 Å². The Morgan fingerprint density at radius 2 is 1.46 bits per heavy atom. The van der Waals surface area contributed by atoms with E-state index in [1.54, 1.807) is 63.2 Å². The van der Waals surface area contributed by atoms with E-state index < -0.39 is 35.6 Å². The molecule has 0 aliphatic heterocycles. The van der Waals surface area contributed by atoms with Gasteiger partial charge in [-0.05, 0) is 58.1 Å². The number of amides is 3. The second-order valence-corrected chi connectivity index (χ2v) is 12.8. The first-order valence-corrected chi connectivity index (χ1v) is 15.6. The molecule has 3 aromatic rings. The Hall–Kier alpha value is -4.83. The zero-order valence-electron chi connectivity index (χ0n) is 26.4. The van der Waals surface area contributed by atoms with Gasteiger partial charge in [-0.25, -0.2) is 9.69 Å². The minimum atomic E-state index is -1.02. The van der Waals surface area contributed by atoms with Crippen LogP contribution in [0.2, 0.25) is 0 Å². The van der Waals surface area contributed by atoms with Crippen LogP contribution in [0, 0.1) is 0 Å². The fourth-order valence-corrected chi connectivity index (χ4v) is 6.16. The number of rotatable bonds is 8. The molecule has 10 heteroatoms. The van der Waals surface area contributed by atoms with Crippen LogP contribution in [0.3, 0.4) is 0 Å². The summed E-state index contributed by atoms with van der Waals surface area (Å²) in [5.74, 6) is -1.45. The van der Waals surface area contributed by atoms with E-state index in [0.29, 0.717) is 53.6 Å². The fraction of sp³-hybridized carbons (Fsp3) is 0.361. The lowest BCUT2D eigenvalue weighted by Gasteiger charge is -2.38. The van der Waals surface area contributed by atoms with Gasteiger partial charge in [-0.2, -0.15) is 0 Å². The van der Waals surface area contributed by atoms with Crippen LogP contribution in [-0.4, -0.2) is 64.6 Å². The normalized spacial score (nSPS) is 18.1. The summed E-state index contributed by atoms with van der Waals surface area (Å²) in [5, 5.41) is 6.18. The molecule has 0 aromatic heterocycles. The third-order valence-electron chi connectivity index (χ3n) is 8.30. The Morgan fingerprint density at radius 3 is 2.09 bits per heavy atom. The highest BCUT2D eigenvalue weighted by Gasteiger charge is 2.40. The number of anilines is 1. The van der Waals surface area contributed by atoms with Gasteiger partial charge in [0.05, 0.1) is 12.1 Å². The van der Waals surface area contributed by atoms with Crippen molar-refractivity contribution in [2.45, 2.75) is 76.6 Å². The van der Waals surface area contributed by atoms with Gasteiger partial charge in [0, 0.05) is 40.9 Å². The Morgan fingerprint density at radius 1 is 0.848 bits per heavy atom. The Balaban J connectivity index is 1.35. The summed E-state index contributed by atoms with van der Waals surface area (Å²) < 4.78 is 5.68. The summed E-state index contributed by atoms with van der Waals surface area (Å²) in [4.78, 5) is 67.9. The lowest BCUT2D eigenvalue weighted by molar-refractivity contribution is -0.138. The van der Waals surface area contributed by atoms with Gasteiger partial charge in [-0.3, -0.25) is 19.2 Å². The molecule has 1 atom stereocenters. The molecule has 0 bridgehead atoms. The molecule has 240 valence electrons. The van der Waals surface area contributed by atoms with Crippen molar-refractivity contribution < 1.29 is 28.7 Å². The number of nitrogens with two attached hydrogens (primary N) is 1. The summed E-state index contributed by atoms with van der Waals surface area (Å²) in [6.07, 6.45) is 1.51. The van der Waals surface area contributed by atoms with Gasteiger partial charge in [0.1, 0.15) is 11.6 Å². The van der Waals surface area contributed by atoms with Gasteiger partial charge in [-0.15, -0.1) is 0 Å². The number of carbonyl (C=O) groups excluding carboxylic acids is 5. The topological polar surface area (TPSA) is 148 Å². The van der Waals surface area contributed by atoms with Crippen molar-refractivity contribution in [3.8, 4) is 0 Å². The van der Waals surface area contributed by atoms with E-state index in [1.165, 1.54) is 0 Å². The Kier molecular flexibility index (Phi) is 9.67. The number of ketones is 2. The van der Waals surface area contributed by atoms with Crippen LogP contribution in [0.4, 0.5) is 10.5 Å². The van der Waals surface area contributed by atoms with Crippen molar-refractivity contribution in [2.24, 2.45) is 5.73 Å². The van der Waals surface area contributed by atoms with Gasteiger partial charge in [0.15, 0.2) is 11.6 Å². The van der Waals surface area contributed by atoms with E-state index in [2.05, 4.69) is 10.6 Å². The predicted molar refractivity (Wildman–Crippen MR) is 174 cm³/mol. The average molecular weight is 625 g/mol. The van der Waals surface area contributed by atoms with Gasteiger partial charge >= 0.3 is 6.09 Å². The molecule has 0 heterocycles. The number of imide groups is 1. The SMILES string of the molecule is CC(C)(C)OC(=O)N(C(=O)[C@H](Cc1ccccc1)NC(=O)CN)C1CCC(Nc2cccc3c2C(=O)c2ccccc2C3=O)CC1. The molecule has 3 amide bonds. The Labute approximate surface area is 268 Å². The number of hydrogen-bond acceptors (Lipinski definition) is 8. The lowest BCUT2D eigenvalue weighted by atomic mass is 9.82. The van der Waals surface area contributed by atoms with Crippen LogP contribution in [0.1, 0.15) is 83.9 Å². The fourth-order valence-electron chi connectivity index (χ4n) is 6.16. The zero-order chi connectivity index (χ0) is 33.0. The van der Waals surface area contributed by atoms with Crippen molar-refractivity contribution in [1.29, 1.82) is 0 Å². The summed E-state index contributed by atoms with van der Waals surface area (Å²) in [7, 11) is 0. The highest BCUT2D eigenvalue weighted by molar-refractivity contribution is 6.30. The largest absolute Gasteiger partial charge is 0.443 e. The third kappa shape index (κ3) is 7.18. The highest BCUT2D eigenvalue weighted by atomic mass is 16.6. The first kappa shape index (κ1) is 32.6. The van der Waals surface area contributed by atoms with Gasteiger partial charge in [0.2, 0.25) is 5.91 Å². The molecule has 3 aromatic carbocycles. The number of hydrogen-bond donors (Lipinski definition) is 3. The third-order valence-corrected chi connectivity index (χ3v) is 8.30. The van der Waals surface area contributed by atoms with Crippen molar-refractivity contribution in [1.82, 2.24) is 10.2 Å². The average Bonchev–Trinajstić information content (AvgIpc) is 3.03. The molecule has 10 nitrogen and oxygen atoms in total. The minimum Gasteiger partial charge on any atom is -0.443 e. The zero-order valence-corrected chi connectivity index (χ0v) is 26.4. The van der Waals surface area contributed by atoms with Crippen LogP contribution in [0.15, 0.2) is 72.8 Å². The maximum Gasteiger partial charge on any atom is 0.417 e. The molecule has 5 rings (SSSR count). The van der Waals surface area contributed by atoms with Crippen molar-refractivity contribution >= 4 is 35.2 Å². The molecule has 4 N–H and O–H groups in total. The second kappa shape index (κ2) is 13.7. The summed E-state index contributed by atoms with van der Waals surface area (Å²) in [6.45, 7) is 4.90. The molecule has 0 saturated heterocycles. The molecule has 46 heavy (non-hydrogen) atoms. The van der Waals surface area contributed by atoms with Crippen molar-refractivity contribution in [3.05, 3.63) is 101 Å². The number of benzene rings is 3. The first-order chi connectivity index (χ1) is 22.0. The standard InChI is InChI=1S/C36H40N4O6/c1-36(2,3)46-35(45)40(34(44)29(39-30(41)21-37)20-22-10-5-4-6-11-22)24-18-16-23(17-19-24)38-28-15-9-14-27-31(28)33(43)26-13-8-7-12-25(26)32(27)42/h4-15,23-24,29,38H,16-21,37H2,1-3H3,(H,39,41)/t23?,24?,29-/m0/s1. The molecule has 0 spiro atoms. The van der Waals surface area contributed by atoms with E-state index in [1.807, 2.05) is 30.3 Å². The van der Waals surface area contributed by atoms with Crippen LogP contribution in [0.5, 0.6) is 0 Å². The van der Waals surface area contributed by atoms with E-state index in [-0.39, 0.29) is 30.6 Å². The maximum absolute atomic E-state index is 14.1. The quantitative estimate of drug-likeness (QED) is 0.257. The second-order valence-electron chi connectivity index (χ2n) is 12.8.